The van der Waals surface area contributed by atoms with Crippen molar-refractivity contribution in [2.75, 3.05) is 16.8 Å². The molecule has 108 valence electrons. The highest BCUT2D eigenvalue weighted by molar-refractivity contribution is 8.00. The number of nitrogens with two attached hydrogens (primary N) is 1. The summed E-state index contributed by atoms with van der Waals surface area (Å²) in [5, 5.41) is 2.79. The molecule has 0 unspecified atom stereocenters. The molecule has 0 atom stereocenters. The molecule has 0 aliphatic carbocycles. The van der Waals surface area contributed by atoms with E-state index in [9.17, 15) is 9.59 Å². The van der Waals surface area contributed by atoms with Crippen LogP contribution in [0.5, 0.6) is 0 Å². The Bertz CT molecular complexity index is 636. The van der Waals surface area contributed by atoms with Crippen molar-refractivity contribution in [3.05, 3.63) is 54.1 Å². The topological polar surface area (TPSA) is 72.2 Å². The summed E-state index contributed by atoms with van der Waals surface area (Å²) in [5.74, 6) is 0.234. The minimum Gasteiger partial charge on any atom is -0.399 e. The Morgan fingerprint density at radius 3 is 2.24 bits per heavy atom. The number of thioether (sulfide) groups is 1. The molecule has 5 heteroatoms. The smallest absolute Gasteiger partial charge is 0.234 e. The lowest BCUT2D eigenvalue weighted by molar-refractivity contribution is -0.113. The lowest BCUT2D eigenvalue weighted by Crippen LogP contribution is -2.14. The van der Waals surface area contributed by atoms with Crippen LogP contribution in [0, 0.1) is 0 Å². The zero-order chi connectivity index (χ0) is 15.2. The highest BCUT2D eigenvalue weighted by Crippen LogP contribution is 2.19. The lowest BCUT2D eigenvalue weighted by Gasteiger charge is -2.06. The van der Waals surface area contributed by atoms with E-state index in [0.29, 0.717) is 22.7 Å². The van der Waals surface area contributed by atoms with Crippen molar-refractivity contribution in [2.24, 2.45) is 0 Å². The summed E-state index contributed by atoms with van der Waals surface area (Å²) in [5.41, 5.74) is 7.62. The number of rotatable bonds is 5. The number of hydrogen-bond donors (Lipinski definition) is 2. The fourth-order valence-corrected chi connectivity index (χ4v) is 2.40. The molecule has 2 aromatic rings. The summed E-state index contributed by atoms with van der Waals surface area (Å²) in [6.45, 7) is 1.51. The van der Waals surface area contributed by atoms with Gasteiger partial charge in [0, 0.05) is 21.8 Å². The molecule has 1 amide bonds. The first-order valence-corrected chi connectivity index (χ1v) is 7.42. The number of anilines is 2. The highest BCUT2D eigenvalue weighted by atomic mass is 32.2. The van der Waals surface area contributed by atoms with E-state index in [1.54, 1.807) is 36.4 Å². The van der Waals surface area contributed by atoms with E-state index in [4.69, 9.17) is 5.73 Å². The largest absolute Gasteiger partial charge is 0.399 e. The van der Waals surface area contributed by atoms with Crippen LogP contribution < -0.4 is 11.1 Å². The molecule has 0 spiro atoms. The second kappa shape index (κ2) is 6.95. The van der Waals surface area contributed by atoms with Gasteiger partial charge < -0.3 is 11.1 Å². The van der Waals surface area contributed by atoms with Crippen molar-refractivity contribution in [1.82, 2.24) is 0 Å². The Balaban J connectivity index is 1.86. The van der Waals surface area contributed by atoms with Gasteiger partial charge in [-0.1, -0.05) is 0 Å². The van der Waals surface area contributed by atoms with Crippen LogP contribution in [0.15, 0.2) is 53.4 Å². The highest BCUT2D eigenvalue weighted by Gasteiger charge is 2.05. The Labute approximate surface area is 127 Å². The summed E-state index contributed by atoms with van der Waals surface area (Å²) < 4.78 is 0. The number of benzene rings is 2. The molecule has 4 nitrogen and oxygen atoms in total. The number of Topliss-reactive ketones (excluding diaryl/α,β-unsaturated/α-hetero) is 1. The zero-order valence-corrected chi connectivity index (χ0v) is 12.4. The van der Waals surface area contributed by atoms with E-state index in [2.05, 4.69) is 5.32 Å². The molecule has 0 aliphatic rings. The molecule has 21 heavy (non-hydrogen) atoms. The second-order valence-corrected chi connectivity index (χ2v) is 5.59. The molecule has 0 saturated heterocycles. The van der Waals surface area contributed by atoms with Crippen LogP contribution in [-0.2, 0) is 4.79 Å². The predicted octanol–water partition coefficient (Wildman–Crippen LogP) is 3.20. The van der Waals surface area contributed by atoms with E-state index < -0.39 is 0 Å². The molecule has 0 radical (unpaired) electrons. The minimum absolute atomic E-state index is 0.00628. The van der Waals surface area contributed by atoms with Crippen molar-refractivity contribution in [1.29, 1.82) is 0 Å². The molecule has 2 aromatic carbocycles. The molecular formula is C16H16N2O2S. The Kier molecular flexibility index (Phi) is 5.00. The first-order chi connectivity index (χ1) is 10.0. The summed E-state index contributed by atoms with van der Waals surface area (Å²) in [6.07, 6.45) is 0. The van der Waals surface area contributed by atoms with Gasteiger partial charge in [0.1, 0.15) is 0 Å². The third kappa shape index (κ3) is 4.65. The Hall–Kier alpha value is -2.27. The summed E-state index contributed by atoms with van der Waals surface area (Å²) >= 11 is 1.44. The number of carbonyl (C=O) groups excluding carboxylic acids is 2. The van der Waals surface area contributed by atoms with Crippen molar-refractivity contribution in [2.45, 2.75) is 11.8 Å². The maximum Gasteiger partial charge on any atom is 0.234 e. The van der Waals surface area contributed by atoms with Crippen LogP contribution in [0.2, 0.25) is 0 Å². The fraction of sp³-hybridized carbons (Fsp3) is 0.125. The van der Waals surface area contributed by atoms with Crippen molar-refractivity contribution >= 4 is 34.8 Å². The van der Waals surface area contributed by atoms with Gasteiger partial charge >= 0.3 is 0 Å². The van der Waals surface area contributed by atoms with Crippen LogP contribution >= 0.6 is 11.8 Å². The Morgan fingerprint density at radius 2 is 1.67 bits per heavy atom. The van der Waals surface area contributed by atoms with Crippen LogP contribution in [0.3, 0.4) is 0 Å². The van der Waals surface area contributed by atoms with Gasteiger partial charge in [-0.05, 0) is 55.5 Å². The molecule has 0 aliphatic heterocycles. The van der Waals surface area contributed by atoms with Crippen LogP contribution in [0.1, 0.15) is 17.3 Å². The van der Waals surface area contributed by atoms with Gasteiger partial charge in [0.25, 0.3) is 0 Å². The van der Waals surface area contributed by atoms with Gasteiger partial charge in [0.2, 0.25) is 5.91 Å². The van der Waals surface area contributed by atoms with Crippen molar-refractivity contribution in [3.8, 4) is 0 Å². The molecule has 0 aromatic heterocycles. The van der Waals surface area contributed by atoms with E-state index >= 15 is 0 Å². The number of nitrogen functional groups attached to an aromatic ring is 1. The quantitative estimate of drug-likeness (QED) is 0.505. The van der Waals surface area contributed by atoms with E-state index in [1.807, 2.05) is 12.1 Å². The standard InChI is InChI=1S/C16H16N2O2S/c1-11(19)12-2-6-14(7-3-12)18-16(20)10-21-15-8-4-13(17)5-9-15/h2-9H,10,17H2,1H3,(H,18,20). The number of carbonyl (C=O) groups is 2. The molecule has 0 fully saturated rings. The lowest BCUT2D eigenvalue weighted by atomic mass is 10.1. The third-order valence-corrected chi connectivity index (χ3v) is 3.84. The van der Waals surface area contributed by atoms with Gasteiger partial charge in [-0.3, -0.25) is 9.59 Å². The molecule has 3 N–H and O–H groups in total. The molecule has 0 bridgehead atoms. The number of nitrogens with one attached hydrogen (secondary N) is 1. The van der Waals surface area contributed by atoms with Crippen LogP contribution in [0.25, 0.3) is 0 Å². The van der Waals surface area contributed by atoms with Gasteiger partial charge in [0.15, 0.2) is 5.78 Å². The molecular weight excluding hydrogens is 284 g/mol. The van der Waals surface area contributed by atoms with Gasteiger partial charge in [-0.25, -0.2) is 0 Å². The van der Waals surface area contributed by atoms with Gasteiger partial charge in [-0.2, -0.15) is 0 Å². The Morgan fingerprint density at radius 1 is 1.05 bits per heavy atom. The second-order valence-electron chi connectivity index (χ2n) is 4.54. The van der Waals surface area contributed by atoms with Crippen LogP contribution in [0.4, 0.5) is 11.4 Å². The summed E-state index contributed by atoms with van der Waals surface area (Å²) in [6, 6.07) is 14.2. The minimum atomic E-state index is -0.0904. The van der Waals surface area contributed by atoms with Crippen LogP contribution in [-0.4, -0.2) is 17.4 Å². The third-order valence-electron chi connectivity index (χ3n) is 2.83. The normalized spacial score (nSPS) is 10.1. The number of ketones is 1. The first-order valence-electron chi connectivity index (χ1n) is 6.44. The van der Waals surface area contributed by atoms with E-state index in [-0.39, 0.29) is 11.7 Å². The molecule has 0 heterocycles. The average Bonchev–Trinajstić information content (AvgIpc) is 2.47. The average molecular weight is 300 g/mol. The summed E-state index contributed by atoms with van der Waals surface area (Å²) in [7, 11) is 0. The monoisotopic (exact) mass is 300 g/mol. The summed E-state index contributed by atoms with van der Waals surface area (Å²) in [4.78, 5) is 24.0. The first kappa shape index (κ1) is 15.1. The van der Waals surface area contributed by atoms with Crippen molar-refractivity contribution in [3.63, 3.8) is 0 Å². The van der Waals surface area contributed by atoms with E-state index in [1.165, 1.54) is 18.7 Å². The maximum atomic E-state index is 11.8. The number of amides is 1. The SMILES string of the molecule is CC(=O)c1ccc(NC(=O)CSc2ccc(N)cc2)cc1. The predicted molar refractivity (Wildman–Crippen MR) is 86.7 cm³/mol. The fourth-order valence-electron chi connectivity index (χ4n) is 1.70. The maximum absolute atomic E-state index is 11.8. The van der Waals surface area contributed by atoms with E-state index in [0.717, 1.165) is 4.90 Å². The van der Waals surface area contributed by atoms with Gasteiger partial charge in [-0.15, -0.1) is 11.8 Å². The molecule has 0 saturated carbocycles. The zero-order valence-electron chi connectivity index (χ0n) is 11.6. The number of hydrogen-bond acceptors (Lipinski definition) is 4. The molecule has 2 rings (SSSR count). The van der Waals surface area contributed by atoms with Crippen molar-refractivity contribution < 1.29 is 9.59 Å². The van der Waals surface area contributed by atoms with Gasteiger partial charge in [0.05, 0.1) is 5.75 Å².